The highest BCUT2D eigenvalue weighted by Crippen LogP contribution is 2.39. The summed E-state index contributed by atoms with van der Waals surface area (Å²) >= 11 is 36.4. The highest BCUT2D eigenvalue weighted by atomic mass is 35.5. The van der Waals surface area contributed by atoms with Crippen LogP contribution in [0.5, 0.6) is 0 Å². The van der Waals surface area contributed by atoms with Crippen LogP contribution in [0.3, 0.4) is 0 Å². The lowest BCUT2D eigenvalue weighted by Crippen LogP contribution is -2.34. The number of ether oxygens (including phenoxy) is 1. The van der Waals surface area contributed by atoms with Crippen molar-refractivity contribution in [1.82, 2.24) is 19.9 Å². The summed E-state index contributed by atoms with van der Waals surface area (Å²) < 4.78 is 16.6. The number of amidine groups is 1. The summed E-state index contributed by atoms with van der Waals surface area (Å²) in [5.74, 6) is 1.22. The molecule has 1 unspecified atom stereocenters. The molecule has 0 saturated carbocycles. The molecule has 0 bridgehead atoms. The third kappa shape index (κ3) is 17.7. The third-order valence-corrected chi connectivity index (χ3v) is 18.1. The number of furan rings is 2. The van der Waals surface area contributed by atoms with Gasteiger partial charge in [0, 0.05) is 58.7 Å². The van der Waals surface area contributed by atoms with Gasteiger partial charge in [-0.1, -0.05) is 134 Å². The number of anilines is 3. The van der Waals surface area contributed by atoms with E-state index in [0.717, 1.165) is 46.0 Å². The average molecular weight is 1340 g/mol. The molecule has 1 atom stereocenters. The summed E-state index contributed by atoms with van der Waals surface area (Å²) in [5.41, 5.74) is 4.49. The Kier molecular flexibility index (Phi) is 25.3. The number of thioether (sulfide) groups is 3. The van der Waals surface area contributed by atoms with Gasteiger partial charge in [-0.15, -0.1) is 34.4 Å². The smallest absolute Gasteiger partial charge is 0.273 e. The highest BCUT2D eigenvalue weighted by molar-refractivity contribution is 8.26. The zero-order chi connectivity index (χ0) is 58.5. The molecule has 3 aliphatic rings. The number of H-pyrrole nitrogens is 1. The number of aromatic amines is 1. The lowest BCUT2D eigenvalue weighted by atomic mass is 10.2. The molecule has 0 spiro atoms. The monoisotopic (exact) mass is 1340 g/mol. The van der Waals surface area contributed by atoms with E-state index in [1.165, 1.54) is 50.9 Å². The Labute approximate surface area is 534 Å². The fraction of sp³-hybridized carbons (Fsp3) is 0.158. The van der Waals surface area contributed by atoms with Crippen LogP contribution in [-0.4, -0.2) is 90.1 Å². The van der Waals surface area contributed by atoms with Crippen molar-refractivity contribution in [3.05, 3.63) is 189 Å². The number of amides is 4. The van der Waals surface area contributed by atoms with Crippen LogP contribution in [0.25, 0.3) is 29.6 Å². The zero-order valence-electron chi connectivity index (χ0n) is 43.0. The molecule has 3 saturated heterocycles. The van der Waals surface area contributed by atoms with Gasteiger partial charge in [-0.05, 0) is 104 Å². The molecule has 3 fully saturated rings. The van der Waals surface area contributed by atoms with E-state index in [-0.39, 0.29) is 68.0 Å². The third-order valence-electron chi connectivity index (χ3n) is 11.1. The molecular formula is C57H51Cl3N8O8S8. The van der Waals surface area contributed by atoms with Crippen molar-refractivity contribution in [2.24, 2.45) is 0 Å². The van der Waals surface area contributed by atoms with Gasteiger partial charge >= 0.3 is 0 Å². The average Bonchev–Trinajstić information content (AvgIpc) is 4.49. The van der Waals surface area contributed by atoms with Gasteiger partial charge in [-0.25, -0.2) is 14.9 Å². The number of methoxy groups -OCH3 is 1. The van der Waals surface area contributed by atoms with Crippen LogP contribution in [0.15, 0.2) is 145 Å². The van der Waals surface area contributed by atoms with Gasteiger partial charge in [0.2, 0.25) is 5.91 Å². The molecule has 84 heavy (non-hydrogen) atoms. The van der Waals surface area contributed by atoms with Crippen LogP contribution < -0.4 is 15.1 Å². The predicted octanol–water partition coefficient (Wildman–Crippen LogP) is 16.3. The van der Waals surface area contributed by atoms with E-state index in [2.05, 4.69) is 26.3 Å². The number of ketones is 1. The van der Waals surface area contributed by atoms with Gasteiger partial charge < -0.3 is 18.6 Å². The SMILES string of the molecule is C.C.COCC(=O)CN1C(=O)C(=Cc2ccc(-c3ccc(Cl)cc3Cl)o2)SC1=S.Cc1[nH]c(=S)sc1C(=O)Nc1nccs1.Cc1ccc(Cl)c(N2C(=O)CSC2C=Cc2ccccc2)c1.N=C1SC(=Cc2ccco2)C(=O)N1c1nccs1. The lowest BCUT2D eigenvalue weighted by Gasteiger charge is -2.23. The second kappa shape index (κ2) is 31.8. The van der Waals surface area contributed by atoms with Crippen molar-refractivity contribution >= 4 is 202 Å². The maximum Gasteiger partial charge on any atom is 0.273 e. The Morgan fingerprint density at radius 3 is 2.27 bits per heavy atom. The van der Waals surface area contributed by atoms with Crippen molar-refractivity contribution in [2.75, 3.05) is 41.1 Å². The van der Waals surface area contributed by atoms with Crippen molar-refractivity contribution < 1.29 is 37.5 Å². The molecule has 436 valence electrons. The number of nitrogens with one attached hydrogen (secondary N) is 3. The van der Waals surface area contributed by atoms with Crippen molar-refractivity contribution in [1.29, 1.82) is 5.41 Å². The summed E-state index contributed by atoms with van der Waals surface area (Å²) in [6.45, 7) is 3.64. The number of thiazole rings is 3. The molecule has 5 aromatic heterocycles. The van der Waals surface area contributed by atoms with Crippen LogP contribution >= 0.6 is 129 Å². The molecule has 16 nitrogen and oxygen atoms in total. The summed E-state index contributed by atoms with van der Waals surface area (Å²) in [6.07, 6.45) is 12.1. The number of benzene rings is 3. The van der Waals surface area contributed by atoms with Gasteiger partial charge in [0.25, 0.3) is 17.7 Å². The first kappa shape index (κ1) is 66.9. The normalized spacial score (nSPS) is 15.6. The molecule has 3 N–H and O–H groups in total. The fourth-order valence-electron chi connectivity index (χ4n) is 7.38. The maximum absolute atomic E-state index is 12.5. The van der Waals surface area contributed by atoms with E-state index in [1.54, 1.807) is 95.3 Å². The quantitative estimate of drug-likeness (QED) is 0.0725. The van der Waals surface area contributed by atoms with Crippen LogP contribution in [0, 0.1) is 23.2 Å². The maximum atomic E-state index is 12.5. The number of thiocarbonyl (C=S) groups is 1. The first-order chi connectivity index (χ1) is 39.5. The van der Waals surface area contributed by atoms with E-state index in [4.69, 9.17) is 78.2 Å². The van der Waals surface area contributed by atoms with Gasteiger partial charge in [0.15, 0.2) is 25.2 Å². The van der Waals surface area contributed by atoms with Crippen molar-refractivity contribution in [3.63, 3.8) is 0 Å². The van der Waals surface area contributed by atoms with Gasteiger partial charge in [-0.2, -0.15) is 0 Å². The van der Waals surface area contributed by atoms with Crippen LogP contribution in [0.4, 0.5) is 16.0 Å². The number of halogens is 3. The Hall–Kier alpha value is -6.26. The summed E-state index contributed by atoms with van der Waals surface area (Å²) in [6, 6.07) is 27.9. The highest BCUT2D eigenvalue weighted by Gasteiger charge is 2.36. The van der Waals surface area contributed by atoms with E-state index in [9.17, 15) is 24.0 Å². The Balaban J connectivity index is 0.000000182. The minimum atomic E-state index is -0.336. The summed E-state index contributed by atoms with van der Waals surface area (Å²) in [7, 11) is 1.42. The number of carbonyl (C=O) groups excluding carboxylic acids is 5. The summed E-state index contributed by atoms with van der Waals surface area (Å²) in [5, 5.41) is 17.0. The molecular weight excluding hydrogens is 1290 g/mol. The lowest BCUT2D eigenvalue weighted by molar-refractivity contribution is -0.129. The topological polar surface area (TPSA) is 208 Å². The number of aryl methyl sites for hydroxylation is 2. The zero-order valence-corrected chi connectivity index (χ0v) is 51.8. The number of hydrogen-bond acceptors (Lipinski definition) is 19. The van der Waals surface area contributed by atoms with Crippen molar-refractivity contribution in [2.45, 2.75) is 34.1 Å². The molecule has 4 amide bonds. The van der Waals surface area contributed by atoms with Crippen LogP contribution in [0.1, 0.15) is 52.9 Å². The molecule has 11 rings (SSSR count). The van der Waals surface area contributed by atoms with Gasteiger partial charge in [0.05, 0.1) is 44.1 Å². The molecule has 3 aromatic carbocycles. The predicted molar refractivity (Wildman–Crippen MR) is 356 cm³/mol. The number of aromatic nitrogens is 3. The number of rotatable bonds is 13. The van der Waals surface area contributed by atoms with E-state index >= 15 is 0 Å². The first-order valence-corrected chi connectivity index (χ1v) is 31.1. The van der Waals surface area contributed by atoms with Gasteiger partial charge in [-0.3, -0.25) is 44.5 Å². The van der Waals surface area contributed by atoms with Crippen LogP contribution in [-0.2, 0) is 23.9 Å². The standard InChI is InChI=1S/C18H13Cl2NO4S2.C18H16ClNOS.C11H7N3O2S2.C8H7N3OS3.2CH4/c1-24-9-11(22)8-21-17(23)16(27-18(21)26)7-12-3-5-15(25-12)13-4-2-10(19)6-14(13)20;1-13-7-9-15(19)16(11-13)20-17(21)12-22-18(20)10-8-14-5-3-2-4-6-14;12-10-14(11-13-3-5-17-11)9(15)8(18-10)6-7-2-1-4-16-7;1-4-5(15-8(13)10-4)6(12)11-7-9-2-3-14-7;;/h2-7H,8-9H2,1H3;2-11,18H,12H2,1H3;1-6,12H;2-3H,1H3,(H,10,13)(H,9,11,12);2*1H4. The van der Waals surface area contributed by atoms with E-state index in [0.29, 0.717) is 76.9 Å². The van der Waals surface area contributed by atoms with E-state index in [1.807, 2.05) is 73.8 Å². The Morgan fingerprint density at radius 2 is 1.61 bits per heavy atom. The van der Waals surface area contributed by atoms with E-state index < -0.39 is 0 Å². The first-order valence-electron chi connectivity index (χ1n) is 23.9. The second-order valence-electron chi connectivity index (χ2n) is 16.9. The molecule has 3 aliphatic heterocycles. The molecule has 8 aromatic rings. The largest absolute Gasteiger partial charge is 0.465 e. The summed E-state index contributed by atoms with van der Waals surface area (Å²) in [4.78, 5) is 77.2. The molecule has 27 heteroatoms. The molecule has 0 radical (unpaired) electrons. The number of Topliss-reactive ketones (excluding diaryl/α,β-unsaturated/α-hetero) is 1. The van der Waals surface area contributed by atoms with Gasteiger partial charge in [0.1, 0.15) is 38.5 Å². The Morgan fingerprint density at radius 1 is 0.869 bits per heavy atom. The Bertz CT molecular complexity index is 3790. The van der Waals surface area contributed by atoms with Crippen molar-refractivity contribution in [3.8, 4) is 11.3 Å². The van der Waals surface area contributed by atoms with Crippen LogP contribution in [0.2, 0.25) is 15.1 Å². The number of carbonyl (C=O) groups is 5. The number of hydrogen-bond donors (Lipinski definition) is 3. The molecule has 8 heterocycles. The minimum Gasteiger partial charge on any atom is -0.465 e. The molecule has 0 aliphatic carbocycles. The fourth-order valence-corrected chi connectivity index (χ4v) is 13.5. The second-order valence-corrected chi connectivity index (χ2v) is 25.4. The number of nitrogens with zero attached hydrogens (tertiary/aromatic N) is 5. The minimum absolute atomic E-state index is 0.